The first-order chi connectivity index (χ1) is 16.3. The number of fused-ring (bicyclic) bond motifs is 1. The second kappa shape index (κ2) is 9.56. The Bertz CT molecular complexity index is 1420. The summed E-state index contributed by atoms with van der Waals surface area (Å²) in [6, 6.07) is 12.4. The number of benzene rings is 2. The molecule has 2 aromatic heterocycles. The molecular formula is C25H22FN3O4S. The van der Waals surface area contributed by atoms with E-state index in [-0.39, 0.29) is 33.6 Å². The standard InChI is InChI=1S/C25H22FN3O4S/c1-4-33-25(32)21-19-13-34-23(27-22(30)16-5-9-17(26)10-6-16)20(19)24(31)29(28-21)18-11-7-15(8-12-18)14(2)3/h5-14H,4H2,1-3H3,(H,27,30). The van der Waals surface area contributed by atoms with E-state index in [0.717, 1.165) is 21.6 Å². The zero-order valence-corrected chi connectivity index (χ0v) is 19.6. The van der Waals surface area contributed by atoms with Gasteiger partial charge < -0.3 is 10.1 Å². The van der Waals surface area contributed by atoms with Gasteiger partial charge >= 0.3 is 5.97 Å². The third kappa shape index (κ3) is 4.47. The third-order valence-electron chi connectivity index (χ3n) is 5.26. The normalized spacial score (nSPS) is 11.1. The first-order valence-corrected chi connectivity index (χ1v) is 11.6. The largest absolute Gasteiger partial charge is 0.461 e. The molecule has 0 bridgehead atoms. The van der Waals surface area contributed by atoms with E-state index in [1.54, 1.807) is 24.4 Å². The molecule has 0 radical (unpaired) electrons. The number of anilines is 1. The summed E-state index contributed by atoms with van der Waals surface area (Å²) in [5.41, 5.74) is 1.28. The van der Waals surface area contributed by atoms with Crippen molar-refractivity contribution in [2.45, 2.75) is 26.7 Å². The molecule has 0 saturated carbocycles. The van der Waals surface area contributed by atoms with Crippen LogP contribution in [0.2, 0.25) is 0 Å². The van der Waals surface area contributed by atoms with Gasteiger partial charge in [0.2, 0.25) is 0 Å². The number of rotatable bonds is 6. The summed E-state index contributed by atoms with van der Waals surface area (Å²) in [4.78, 5) is 38.9. The maximum Gasteiger partial charge on any atom is 0.359 e. The predicted molar refractivity (Wildman–Crippen MR) is 130 cm³/mol. The quantitative estimate of drug-likeness (QED) is 0.387. The smallest absolute Gasteiger partial charge is 0.359 e. The van der Waals surface area contributed by atoms with Crippen molar-refractivity contribution in [1.29, 1.82) is 0 Å². The molecule has 0 aliphatic heterocycles. The highest BCUT2D eigenvalue weighted by atomic mass is 32.1. The number of ether oxygens (including phenoxy) is 1. The van der Waals surface area contributed by atoms with Gasteiger partial charge in [-0.25, -0.2) is 9.18 Å². The first-order valence-electron chi connectivity index (χ1n) is 10.7. The minimum absolute atomic E-state index is 0.0251. The molecule has 0 saturated heterocycles. The van der Waals surface area contributed by atoms with E-state index in [1.807, 2.05) is 12.1 Å². The minimum Gasteiger partial charge on any atom is -0.461 e. The van der Waals surface area contributed by atoms with Gasteiger partial charge in [-0.2, -0.15) is 9.78 Å². The van der Waals surface area contributed by atoms with Crippen LogP contribution in [0.5, 0.6) is 0 Å². The van der Waals surface area contributed by atoms with E-state index in [9.17, 15) is 18.8 Å². The second-order valence-electron chi connectivity index (χ2n) is 7.85. The first kappa shape index (κ1) is 23.3. The van der Waals surface area contributed by atoms with Crippen LogP contribution in [-0.2, 0) is 4.74 Å². The number of halogens is 1. The topological polar surface area (TPSA) is 90.3 Å². The van der Waals surface area contributed by atoms with Gasteiger partial charge in [0.1, 0.15) is 10.8 Å². The van der Waals surface area contributed by atoms with Crippen LogP contribution in [0.4, 0.5) is 9.39 Å². The number of carbonyl (C=O) groups excluding carboxylic acids is 2. The Labute approximate surface area is 198 Å². The molecule has 4 aromatic rings. The van der Waals surface area contributed by atoms with E-state index in [2.05, 4.69) is 24.3 Å². The number of nitrogens with zero attached hydrogens (tertiary/aromatic N) is 2. The van der Waals surface area contributed by atoms with Gasteiger partial charge in [0.05, 0.1) is 17.7 Å². The van der Waals surface area contributed by atoms with Crippen LogP contribution in [0.25, 0.3) is 16.5 Å². The number of carbonyl (C=O) groups is 2. The molecule has 7 nitrogen and oxygen atoms in total. The van der Waals surface area contributed by atoms with Gasteiger partial charge in [-0.1, -0.05) is 26.0 Å². The summed E-state index contributed by atoms with van der Waals surface area (Å²) in [6.45, 7) is 5.94. The highest BCUT2D eigenvalue weighted by molar-refractivity contribution is 7.16. The van der Waals surface area contributed by atoms with Gasteiger partial charge in [-0.05, 0) is 54.8 Å². The molecule has 1 N–H and O–H groups in total. The number of thiophene rings is 1. The summed E-state index contributed by atoms with van der Waals surface area (Å²) in [5, 5.41) is 9.29. The lowest BCUT2D eigenvalue weighted by Gasteiger charge is -2.11. The van der Waals surface area contributed by atoms with E-state index in [4.69, 9.17) is 4.74 Å². The Morgan fingerprint density at radius 3 is 2.41 bits per heavy atom. The van der Waals surface area contributed by atoms with Crippen LogP contribution >= 0.6 is 11.3 Å². The zero-order chi connectivity index (χ0) is 24.4. The fourth-order valence-corrected chi connectivity index (χ4v) is 4.38. The molecule has 0 fully saturated rings. The van der Waals surface area contributed by atoms with Gasteiger partial charge in [-0.3, -0.25) is 9.59 Å². The third-order valence-corrected chi connectivity index (χ3v) is 6.15. The van der Waals surface area contributed by atoms with Crippen molar-refractivity contribution in [1.82, 2.24) is 9.78 Å². The molecule has 9 heteroatoms. The molecule has 34 heavy (non-hydrogen) atoms. The number of aromatic nitrogens is 2. The number of amides is 1. The second-order valence-corrected chi connectivity index (χ2v) is 8.73. The van der Waals surface area contributed by atoms with E-state index < -0.39 is 23.3 Å². The highest BCUT2D eigenvalue weighted by Gasteiger charge is 2.23. The molecule has 0 atom stereocenters. The highest BCUT2D eigenvalue weighted by Crippen LogP contribution is 2.31. The molecule has 1 amide bonds. The Kier molecular flexibility index (Phi) is 6.56. The van der Waals surface area contributed by atoms with Crippen LogP contribution in [0.15, 0.2) is 58.7 Å². The summed E-state index contributed by atoms with van der Waals surface area (Å²) in [7, 11) is 0. The molecule has 4 rings (SSSR count). The van der Waals surface area contributed by atoms with Gasteiger partial charge in [-0.15, -0.1) is 11.3 Å². The lowest BCUT2D eigenvalue weighted by atomic mass is 10.0. The lowest BCUT2D eigenvalue weighted by molar-refractivity contribution is 0.0520. The number of nitrogens with one attached hydrogen (secondary N) is 1. The average Bonchev–Trinajstić information content (AvgIpc) is 3.24. The van der Waals surface area contributed by atoms with Crippen molar-refractivity contribution in [3.8, 4) is 5.69 Å². The maximum atomic E-state index is 13.5. The van der Waals surface area contributed by atoms with Crippen molar-refractivity contribution in [2.24, 2.45) is 0 Å². The van der Waals surface area contributed by atoms with Crippen molar-refractivity contribution in [3.05, 3.63) is 86.9 Å². The van der Waals surface area contributed by atoms with Gasteiger partial charge in [0.25, 0.3) is 11.5 Å². The number of esters is 1. The Balaban J connectivity index is 1.85. The lowest BCUT2D eigenvalue weighted by Crippen LogP contribution is -2.25. The Morgan fingerprint density at radius 1 is 1.12 bits per heavy atom. The fraction of sp³-hybridized carbons (Fsp3) is 0.200. The molecule has 0 unspecified atom stereocenters. The summed E-state index contributed by atoms with van der Waals surface area (Å²) in [6.07, 6.45) is 0. The number of hydrogen-bond donors (Lipinski definition) is 1. The van der Waals surface area contributed by atoms with Crippen molar-refractivity contribution < 1.29 is 18.7 Å². The van der Waals surface area contributed by atoms with E-state index in [0.29, 0.717) is 11.6 Å². The van der Waals surface area contributed by atoms with Crippen molar-refractivity contribution in [3.63, 3.8) is 0 Å². The van der Waals surface area contributed by atoms with Gasteiger partial charge in [0.15, 0.2) is 5.69 Å². The Morgan fingerprint density at radius 2 is 1.79 bits per heavy atom. The van der Waals surface area contributed by atoms with Crippen LogP contribution in [0, 0.1) is 5.82 Å². The van der Waals surface area contributed by atoms with Crippen molar-refractivity contribution in [2.75, 3.05) is 11.9 Å². The summed E-state index contributed by atoms with van der Waals surface area (Å²) < 4.78 is 19.5. The zero-order valence-electron chi connectivity index (χ0n) is 18.8. The van der Waals surface area contributed by atoms with E-state index in [1.165, 1.54) is 24.3 Å². The average molecular weight is 480 g/mol. The molecule has 0 aliphatic rings. The maximum absolute atomic E-state index is 13.5. The SMILES string of the molecule is CCOC(=O)c1nn(-c2ccc(C(C)C)cc2)c(=O)c2c(NC(=O)c3ccc(F)cc3)scc12. The molecular weight excluding hydrogens is 457 g/mol. The van der Waals surface area contributed by atoms with Crippen molar-refractivity contribution >= 4 is 39.0 Å². The van der Waals surface area contributed by atoms with Crippen LogP contribution in [0.3, 0.4) is 0 Å². The monoisotopic (exact) mass is 479 g/mol. The van der Waals surface area contributed by atoms with Crippen LogP contribution in [0.1, 0.15) is 53.1 Å². The summed E-state index contributed by atoms with van der Waals surface area (Å²) >= 11 is 1.10. The minimum atomic E-state index is -0.672. The van der Waals surface area contributed by atoms with Crippen LogP contribution in [-0.4, -0.2) is 28.3 Å². The molecule has 0 aliphatic carbocycles. The van der Waals surface area contributed by atoms with Crippen LogP contribution < -0.4 is 10.9 Å². The van der Waals surface area contributed by atoms with E-state index >= 15 is 0 Å². The van der Waals surface area contributed by atoms with Gasteiger partial charge in [0, 0.05) is 16.3 Å². The molecule has 2 aromatic carbocycles. The Hall–Kier alpha value is -3.85. The molecule has 174 valence electrons. The molecule has 0 spiro atoms. The number of hydrogen-bond acceptors (Lipinski definition) is 6. The fourth-order valence-electron chi connectivity index (χ4n) is 3.44. The summed E-state index contributed by atoms with van der Waals surface area (Å²) in [5.74, 6) is -1.34. The predicted octanol–water partition coefficient (Wildman–Crippen LogP) is 5.14. The molecule has 2 heterocycles.